The first kappa shape index (κ1) is 12.9. The Bertz CT molecular complexity index is 379. The van der Waals surface area contributed by atoms with Crippen LogP contribution >= 0.6 is 11.6 Å². The van der Waals surface area contributed by atoms with E-state index in [0.717, 1.165) is 0 Å². The van der Waals surface area contributed by atoms with Crippen LogP contribution in [-0.4, -0.2) is 11.6 Å². The molecule has 1 rings (SSSR count). The summed E-state index contributed by atoms with van der Waals surface area (Å²) in [5.74, 6) is 0.155. The average molecular weight is 239 g/mol. The van der Waals surface area contributed by atoms with E-state index in [1.165, 1.54) is 0 Å². The molecule has 0 aromatic heterocycles. The molecule has 2 nitrogen and oxygen atoms in total. The molecule has 0 fully saturated rings. The topological polar surface area (TPSA) is 34.1 Å². The molecule has 0 saturated carbocycles. The molecule has 0 unspecified atom stereocenters. The number of benzene rings is 1. The SMILES string of the molecule is CC(C)CC(=O)CC(=O)c1ccc(Cl)cc1. The van der Waals surface area contributed by atoms with E-state index in [0.29, 0.717) is 22.9 Å². The van der Waals surface area contributed by atoms with Crippen molar-refractivity contribution in [2.45, 2.75) is 26.7 Å². The van der Waals surface area contributed by atoms with Crippen molar-refractivity contribution in [3.63, 3.8) is 0 Å². The lowest BCUT2D eigenvalue weighted by atomic mass is 10.0. The zero-order chi connectivity index (χ0) is 12.1. The van der Waals surface area contributed by atoms with Crippen molar-refractivity contribution >= 4 is 23.2 Å². The second-order valence-corrected chi connectivity index (χ2v) is 4.68. The van der Waals surface area contributed by atoms with Gasteiger partial charge in [-0.05, 0) is 30.2 Å². The van der Waals surface area contributed by atoms with Crippen LogP contribution in [0.5, 0.6) is 0 Å². The summed E-state index contributed by atoms with van der Waals surface area (Å²) in [6, 6.07) is 6.60. The summed E-state index contributed by atoms with van der Waals surface area (Å²) in [5, 5.41) is 0.588. The number of Topliss-reactive ketones (excluding diaryl/α,β-unsaturated/α-hetero) is 2. The number of hydrogen-bond acceptors (Lipinski definition) is 2. The molecule has 86 valence electrons. The number of ketones is 2. The summed E-state index contributed by atoms with van der Waals surface area (Å²) in [6.45, 7) is 3.93. The van der Waals surface area contributed by atoms with Gasteiger partial charge in [-0.1, -0.05) is 25.4 Å². The van der Waals surface area contributed by atoms with Crippen LogP contribution < -0.4 is 0 Å². The van der Waals surface area contributed by atoms with Gasteiger partial charge in [-0.25, -0.2) is 0 Å². The lowest BCUT2D eigenvalue weighted by molar-refractivity contribution is -0.118. The van der Waals surface area contributed by atoms with Crippen LogP contribution in [0.25, 0.3) is 0 Å². The average Bonchev–Trinajstić information content (AvgIpc) is 2.16. The third kappa shape index (κ3) is 4.15. The highest BCUT2D eigenvalue weighted by atomic mass is 35.5. The molecule has 0 aliphatic carbocycles. The van der Waals surface area contributed by atoms with E-state index in [1.807, 2.05) is 13.8 Å². The Labute approximate surface area is 101 Å². The highest BCUT2D eigenvalue weighted by Gasteiger charge is 2.12. The normalized spacial score (nSPS) is 10.5. The molecule has 0 heterocycles. The van der Waals surface area contributed by atoms with Crippen molar-refractivity contribution in [3.05, 3.63) is 34.9 Å². The van der Waals surface area contributed by atoms with E-state index >= 15 is 0 Å². The molecular formula is C13H15ClO2. The van der Waals surface area contributed by atoms with Crippen LogP contribution in [0.3, 0.4) is 0 Å². The Morgan fingerprint density at radius 3 is 2.25 bits per heavy atom. The van der Waals surface area contributed by atoms with Gasteiger partial charge in [-0.2, -0.15) is 0 Å². The van der Waals surface area contributed by atoms with E-state index in [9.17, 15) is 9.59 Å². The molecule has 0 atom stereocenters. The zero-order valence-corrected chi connectivity index (χ0v) is 10.3. The quantitative estimate of drug-likeness (QED) is 0.581. The highest BCUT2D eigenvalue weighted by molar-refractivity contribution is 6.30. The molecular weight excluding hydrogens is 224 g/mol. The molecule has 0 N–H and O–H groups in total. The zero-order valence-electron chi connectivity index (χ0n) is 9.50. The summed E-state index contributed by atoms with van der Waals surface area (Å²) < 4.78 is 0. The molecule has 0 radical (unpaired) electrons. The predicted octanol–water partition coefficient (Wildman–Crippen LogP) is 3.53. The van der Waals surface area contributed by atoms with Gasteiger partial charge in [0, 0.05) is 17.0 Å². The van der Waals surface area contributed by atoms with Gasteiger partial charge in [-0.3, -0.25) is 9.59 Å². The highest BCUT2D eigenvalue weighted by Crippen LogP contribution is 2.12. The third-order valence-corrected chi connectivity index (χ3v) is 2.41. The number of hydrogen-bond donors (Lipinski definition) is 0. The lowest BCUT2D eigenvalue weighted by Crippen LogP contribution is -2.10. The van der Waals surface area contributed by atoms with E-state index in [1.54, 1.807) is 24.3 Å². The summed E-state index contributed by atoms with van der Waals surface area (Å²) >= 11 is 5.71. The Morgan fingerprint density at radius 1 is 1.19 bits per heavy atom. The Kier molecular flexibility index (Phi) is 4.69. The van der Waals surface area contributed by atoms with Gasteiger partial charge < -0.3 is 0 Å². The molecule has 0 aliphatic heterocycles. The van der Waals surface area contributed by atoms with Gasteiger partial charge in [0.05, 0.1) is 6.42 Å². The standard InChI is InChI=1S/C13H15ClO2/c1-9(2)7-12(15)8-13(16)10-3-5-11(14)6-4-10/h3-6,9H,7-8H2,1-2H3. The van der Waals surface area contributed by atoms with Crippen molar-refractivity contribution in [1.82, 2.24) is 0 Å². The van der Waals surface area contributed by atoms with Gasteiger partial charge in [0.2, 0.25) is 0 Å². The van der Waals surface area contributed by atoms with Gasteiger partial charge in [0.25, 0.3) is 0 Å². The molecule has 0 spiro atoms. The minimum atomic E-state index is -0.137. The van der Waals surface area contributed by atoms with Crippen LogP contribution in [0.4, 0.5) is 0 Å². The van der Waals surface area contributed by atoms with Crippen LogP contribution in [0, 0.1) is 5.92 Å². The molecule has 0 amide bonds. The fourth-order valence-electron chi connectivity index (χ4n) is 1.44. The van der Waals surface area contributed by atoms with E-state index in [2.05, 4.69) is 0 Å². The van der Waals surface area contributed by atoms with Gasteiger partial charge in [0.1, 0.15) is 5.78 Å². The van der Waals surface area contributed by atoms with Crippen LogP contribution in [-0.2, 0) is 4.79 Å². The maximum Gasteiger partial charge on any atom is 0.170 e. The van der Waals surface area contributed by atoms with Crippen molar-refractivity contribution < 1.29 is 9.59 Å². The van der Waals surface area contributed by atoms with E-state index in [4.69, 9.17) is 11.6 Å². The monoisotopic (exact) mass is 238 g/mol. The van der Waals surface area contributed by atoms with Crippen LogP contribution in [0.1, 0.15) is 37.0 Å². The molecule has 1 aromatic carbocycles. The van der Waals surface area contributed by atoms with Crippen molar-refractivity contribution in [1.29, 1.82) is 0 Å². The predicted molar refractivity (Wildman–Crippen MR) is 64.9 cm³/mol. The second-order valence-electron chi connectivity index (χ2n) is 4.24. The maximum atomic E-state index is 11.7. The fraction of sp³-hybridized carbons (Fsp3) is 0.385. The van der Waals surface area contributed by atoms with Gasteiger partial charge >= 0.3 is 0 Å². The Morgan fingerprint density at radius 2 is 1.75 bits per heavy atom. The van der Waals surface area contributed by atoms with E-state index in [-0.39, 0.29) is 18.0 Å². The van der Waals surface area contributed by atoms with Gasteiger partial charge in [-0.15, -0.1) is 0 Å². The summed E-state index contributed by atoms with van der Waals surface area (Å²) in [6.07, 6.45) is 0.444. The number of carbonyl (C=O) groups is 2. The third-order valence-electron chi connectivity index (χ3n) is 2.16. The van der Waals surface area contributed by atoms with Gasteiger partial charge in [0.15, 0.2) is 5.78 Å². The Balaban J connectivity index is 2.59. The lowest BCUT2D eigenvalue weighted by Gasteiger charge is -2.03. The molecule has 0 bridgehead atoms. The van der Waals surface area contributed by atoms with E-state index < -0.39 is 0 Å². The number of halogens is 1. The second kappa shape index (κ2) is 5.80. The van der Waals surface area contributed by atoms with Crippen LogP contribution in [0.15, 0.2) is 24.3 Å². The molecule has 3 heteroatoms. The van der Waals surface area contributed by atoms with Crippen molar-refractivity contribution in [2.24, 2.45) is 5.92 Å². The first-order valence-corrected chi connectivity index (χ1v) is 5.67. The van der Waals surface area contributed by atoms with Crippen molar-refractivity contribution in [3.8, 4) is 0 Å². The first-order valence-electron chi connectivity index (χ1n) is 5.29. The minimum Gasteiger partial charge on any atom is -0.299 e. The minimum absolute atomic E-state index is 0.00468. The fourth-order valence-corrected chi connectivity index (χ4v) is 1.57. The first-order chi connectivity index (χ1) is 7.49. The smallest absolute Gasteiger partial charge is 0.170 e. The largest absolute Gasteiger partial charge is 0.299 e. The number of rotatable bonds is 5. The molecule has 0 aliphatic rings. The van der Waals surface area contributed by atoms with Crippen molar-refractivity contribution in [2.75, 3.05) is 0 Å². The molecule has 16 heavy (non-hydrogen) atoms. The summed E-state index contributed by atoms with van der Waals surface area (Å²) in [5.41, 5.74) is 0.543. The summed E-state index contributed by atoms with van der Waals surface area (Å²) in [7, 11) is 0. The maximum absolute atomic E-state index is 11.7. The van der Waals surface area contributed by atoms with Crippen LogP contribution in [0.2, 0.25) is 5.02 Å². The summed E-state index contributed by atoms with van der Waals surface area (Å²) in [4.78, 5) is 23.1. The Hall–Kier alpha value is -1.15. The number of carbonyl (C=O) groups excluding carboxylic acids is 2. The molecule has 0 saturated heterocycles. The molecule has 1 aromatic rings.